The zero-order chi connectivity index (χ0) is 8.13. The van der Waals surface area contributed by atoms with Crippen molar-refractivity contribution in [1.29, 1.82) is 0 Å². The van der Waals surface area contributed by atoms with Gasteiger partial charge in [0.2, 0.25) is 0 Å². The van der Waals surface area contributed by atoms with Gasteiger partial charge in [-0.1, -0.05) is 13.3 Å². The predicted octanol–water partition coefficient (Wildman–Crippen LogP) is 3.32. The van der Waals surface area contributed by atoms with Crippen LogP contribution in [0.1, 0.15) is 39.0 Å². The lowest BCUT2D eigenvalue weighted by Crippen LogP contribution is -2.21. The first-order valence-corrected chi connectivity index (χ1v) is 6.46. The molecule has 0 radical (unpaired) electrons. The first-order valence-electron chi connectivity index (χ1n) is 5.52. The molecule has 1 saturated carbocycles. The normalized spacial score (nSPS) is 57.2. The maximum Gasteiger partial charge on any atom is 0.0107 e. The van der Waals surface area contributed by atoms with E-state index < -0.39 is 0 Å². The summed E-state index contributed by atoms with van der Waals surface area (Å²) in [5, 5.41) is 2.15. The Morgan fingerprint density at radius 2 is 1.83 bits per heavy atom. The predicted molar refractivity (Wildman–Crippen MR) is 54.4 cm³/mol. The van der Waals surface area contributed by atoms with Gasteiger partial charge in [-0.2, -0.15) is 11.8 Å². The summed E-state index contributed by atoms with van der Waals surface area (Å²) in [6.45, 7) is 2.48. The fourth-order valence-electron chi connectivity index (χ4n) is 3.72. The fourth-order valence-corrected chi connectivity index (χ4v) is 5.88. The molecule has 3 rings (SSSR count). The zero-order valence-corrected chi connectivity index (χ0v) is 8.65. The number of hydrogen-bond donors (Lipinski definition) is 0. The molecule has 1 heteroatoms. The van der Waals surface area contributed by atoms with E-state index in [4.69, 9.17) is 0 Å². The highest BCUT2D eigenvalue weighted by Gasteiger charge is 2.49. The molecule has 2 heterocycles. The first kappa shape index (κ1) is 7.73. The topological polar surface area (TPSA) is 0 Å². The summed E-state index contributed by atoms with van der Waals surface area (Å²) in [7, 11) is 0. The second kappa shape index (κ2) is 2.67. The van der Waals surface area contributed by atoms with Gasteiger partial charge in [0.15, 0.2) is 0 Å². The lowest BCUT2D eigenvalue weighted by molar-refractivity contribution is 0.383. The van der Waals surface area contributed by atoms with E-state index in [0.717, 1.165) is 28.3 Å². The van der Waals surface area contributed by atoms with Crippen LogP contribution in [0.15, 0.2) is 0 Å². The monoisotopic (exact) mass is 182 g/mol. The minimum atomic E-state index is 1.03. The molecule has 2 bridgehead atoms. The van der Waals surface area contributed by atoms with Crippen molar-refractivity contribution in [2.24, 2.45) is 17.8 Å². The fraction of sp³-hybridized carbons (Fsp3) is 1.00. The highest BCUT2D eigenvalue weighted by Crippen LogP contribution is 2.58. The van der Waals surface area contributed by atoms with Crippen LogP contribution in [-0.4, -0.2) is 10.5 Å². The summed E-state index contributed by atoms with van der Waals surface area (Å²) in [6.07, 6.45) is 7.71. The third-order valence-corrected chi connectivity index (χ3v) is 6.39. The van der Waals surface area contributed by atoms with E-state index >= 15 is 0 Å². The van der Waals surface area contributed by atoms with Gasteiger partial charge in [-0.05, 0) is 43.4 Å². The van der Waals surface area contributed by atoms with E-state index in [-0.39, 0.29) is 0 Å². The summed E-state index contributed by atoms with van der Waals surface area (Å²) in [5.41, 5.74) is 0. The van der Waals surface area contributed by atoms with Gasteiger partial charge in [0.05, 0.1) is 0 Å². The summed E-state index contributed by atoms with van der Waals surface area (Å²) in [4.78, 5) is 0. The van der Waals surface area contributed by atoms with Gasteiger partial charge in [0.25, 0.3) is 0 Å². The van der Waals surface area contributed by atoms with Gasteiger partial charge < -0.3 is 0 Å². The highest BCUT2D eigenvalue weighted by molar-refractivity contribution is 8.00. The van der Waals surface area contributed by atoms with Crippen molar-refractivity contribution in [3.05, 3.63) is 0 Å². The number of thioether (sulfide) groups is 1. The van der Waals surface area contributed by atoms with Gasteiger partial charge >= 0.3 is 0 Å². The molecule has 68 valence electrons. The van der Waals surface area contributed by atoms with E-state index in [1.54, 1.807) is 12.8 Å². The average molecular weight is 182 g/mol. The third kappa shape index (κ3) is 0.921. The second-order valence-corrected chi connectivity index (χ2v) is 6.37. The lowest BCUT2D eigenvalue weighted by Gasteiger charge is -2.27. The molecule has 0 aromatic carbocycles. The Kier molecular flexibility index (Phi) is 1.72. The van der Waals surface area contributed by atoms with E-state index in [9.17, 15) is 0 Å². The Labute approximate surface area is 79.5 Å². The van der Waals surface area contributed by atoms with E-state index in [0.29, 0.717) is 0 Å². The molecule has 2 aliphatic heterocycles. The number of rotatable bonds is 0. The van der Waals surface area contributed by atoms with Gasteiger partial charge in [-0.3, -0.25) is 0 Å². The molecule has 12 heavy (non-hydrogen) atoms. The first-order chi connectivity index (χ1) is 5.86. The van der Waals surface area contributed by atoms with E-state index in [1.807, 2.05) is 0 Å². The van der Waals surface area contributed by atoms with Crippen LogP contribution in [0.4, 0.5) is 0 Å². The molecule has 0 spiro atoms. The third-order valence-electron chi connectivity index (χ3n) is 4.32. The van der Waals surface area contributed by atoms with Gasteiger partial charge in [-0.25, -0.2) is 0 Å². The Balaban J connectivity index is 1.88. The molecule has 0 amide bonds. The molecule has 5 unspecified atom stereocenters. The zero-order valence-electron chi connectivity index (χ0n) is 7.83. The molecular weight excluding hydrogens is 164 g/mol. The summed E-state index contributed by atoms with van der Waals surface area (Å²) < 4.78 is 0. The van der Waals surface area contributed by atoms with Gasteiger partial charge in [0.1, 0.15) is 0 Å². The Morgan fingerprint density at radius 1 is 1.00 bits per heavy atom. The smallest absolute Gasteiger partial charge is 0.0107 e. The van der Waals surface area contributed by atoms with Crippen molar-refractivity contribution in [1.82, 2.24) is 0 Å². The van der Waals surface area contributed by atoms with Crippen molar-refractivity contribution in [3.8, 4) is 0 Å². The molecule has 2 saturated heterocycles. The molecule has 0 nitrogen and oxygen atoms in total. The summed E-state index contributed by atoms with van der Waals surface area (Å²) in [6, 6.07) is 0. The maximum atomic E-state index is 2.48. The number of fused-ring (bicyclic) bond motifs is 5. The highest BCUT2D eigenvalue weighted by atomic mass is 32.2. The quantitative estimate of drug-likeness (QED) is 0.554. The standard InChI is InChI=1S/C11H18S/c1-7-5-6-10-8-3-2-4-9(8)11(7)12-10/h7-11H,2-6H2,1H3. The maximum absolute atomic E-state index is 2.48. The average Bonchev–Trinajstić information content (AvgIpc) is 2.59. The van der Waals surface area contributed by atoms with Crippen LogP contribution >= 0.6 is 11.8 Å². The minimum Gasteiger partial charge on any atom is -0.154 e. The summed E-state index contributed by atoms with van der Waals surface area (Å²) >= 11 is 2.35. The molecule has 1 aliphatic carbocycles. The SMILES string of the molecule is CC1CCC2SC1C1CCCC21. The number of hydrogen-bond acceptors (Lipinski definition) is 1. The van der Waals surface area contributed by atoms with Crippen molar-refractivity contribution < 1.29 is 0 Å². The van der Waals surface area contributed by atoms with E-state index in [2.05, 4.69) is 18.7 Å². The Bertz CT molecular complexity index is 189. The van der Waals surface area contributed by atoms with Crippen LogP contribution in [0.5, 0.6) is 0 Å². The molecule has 3 aliphatic rings. The molecule has 0 aromatic rings. The minimum absolute atomic E-state index is 1.03. The molecule has 5 atom stereocenters. The van der Waals surface area contributed by atoms with Crippen LogP contribution in [0, 0.1) is 17.8 Å². The van der Waals surface area contributed by atoms with Gasteiger partial charge in [0, 0.05) is 10.5 Å². The Hall–Kier alpha value is 0.350. The van der Waals surface area contributed by atoms with Crippen molar-refractivity contribution in [3.63, 3.8) is 0 Å². The van der Waals surface area contributed by atoms with E-state index in [1.165, 1.54) is 19.3 Å². The molecular formula is C11H18S. The molecule has 0 N–H and O–H groups in total. The second-order valence-electron chi connectivity index (χ2n) is 4.95. The Morgan fingerprint density at radius 3 is 2.75 bits per heavy atom. The van der Waals surface area contributed by atoms with Crippen LogP contribution in [0.2, 0.25) is 0 Å². The molecule has 3 fully saturated rings. The summed E-state index contributed by atoms with van der Waals surface area (Å²) in [5.74, 6) is 3.31. The van der Waals surface area contributed by atoms with Crippen LogP contribution in [-0.2, 0) is 0 Å². The van der Waals surface area contributed by atoms with Crippen LogP contribution in [0.3, 0.4) is 0 Å². The molecule has 0 aromatic heterocycles. The lowest BCUT2D eigenvalue weighted by atomic mass is 9.89. The largest absolute Gasteiger partial charge is 0.154 e. The van der Waals surface area contributed by atoms with Crippen molar-refractivity contribution in [2.75, 3.05) is 0 Å². The van der Waals surface area contributed by atoms with Crippen molar-refractivity contribution >= 4 is 11.8 Å². The van der Waals surface area contributed by atoms with Crippen LogP contribution in [0.25, 0.3) is 0 Å². The van der Waals surface area contributed by atoms with Gasteiger partial charge in [-0.15, -0.1) is 0 Å². The van der Waals surface area contributed by atoms with Crippen LogP contribution < -0.4 is 0 Å². The van der Waals surface area contributed by atoms with Crippen molar-refractivity contribution in [2.45, 2.75) is 49.5 Å².